The molecular weight excluding hydrogens is 376 g/mol. The van der Waals surface area contributed by atoms with E-state index in [2.05, 4.69) is 10.6 Å². The molecule has 0 aromatic rings. The quantitative estimate of drug-likeness (QED) is 0.646. The standard InChI is InChI=1S/C20H32N4O5/c1-29-13-17(25)23-10-11-24(20(28)14-6-3-2-4-7-14)16(12-23)19(27)22-15-8-5-9-21-18(15)26/h14-16H,2-13H2,1H3,(H,21,26)(H,22,27). The van der Waals surface area contributed by atoms with Crippen LogP contribution >= 0.6 is 0 Å². The van der Waals surface area contributed by atoms with Crippen LogP contribution in [-0.4, -0.2) is 85.4 Å². The van der Waals surface area contributed by atoms with Gasteiger partial charge in [-0.25, -0.2) is 0 Å². The van der Waals surface area contributed by atoms with Crippen LogP contribution in [0.3, 0.4) is 0 Å². The van der Waals surface area contributed by atoms with Gasteiger partial charge in [0.05, 0.1) is 6.54 Å². The fraction of sp³-hybridized carbons (Fsp3) is 0.800. The zero-order valence-corrected chi connectivity index (χ0v) is 17.2. The normalized spacial score (nSPS) is 26.0. The van der Waals surface area contributed by atoms with Crippen LogP contribution in [-0.2, 0) is 23.9 Å². The molecule has 0 radical (unpaired) electrons. The van der Waals surface area contributed by atoms with Crippen molar-refractivity contribution in [1.29, 1.82) is 0 Å². The summed E-state index contributed by atoms with van der Waals surface area (Å²) in [5.41, 5.74) is 0. The first-order chi connectivity index (χ1) is 14.0. The molecule has 2 unspecified atom stereocenters. The van der Waals surface area contributed by atoms with Gasteiger partial charge >= 0.3 is 0 Å². The summed E-state index contributed by atoms with van der Waals surface area (Å²) in [6.45, 7) is 1.38. The van der Waals surface area contributed by atoms with E-state index < -0.39 is 12.1 Å². The number of piperidine rings is 1. The van der Waals surface area contributed by atoms with Crippen LogP contribution in [0.1, 0.15) is 44.9 Å². The molecule has 2 heterocycles. The summed E-state index contributed by atoms with van der Waals surface area (Å²) in [7, 11) is 1.45. The second-order valence-corrected chi connectivity index (χ2v) is 8.15. The Morgan fingerprint density at radius 3 is 2.55 bits per heavy atom. The lowest BCUT2D eigenvalue weighted by Gasteiger charge is -2.42. The van der Waals surface area contributed by atoms with Gasteiger partial charge in [0.2, 0.25) is 23.6 Å². The van der Waals surface area contributed by atoms with Gasteiger partial charge in [-0.15, -0.1) is 0 Å². The molecule has 29 heavy (non-hydrogen) atoms. The highest BCUT2D eigenvalue weighted by atomic mass is 16.5. The number of piperazine rings is 1. The van der Waals surface area contributed by atoms with E-state index in [-0.39, 0.29) is 42.7 Å². The maximum absolute atomic E-state index is 13.2. The number of hydrogen-bond donors (Lipinski definition) is 2. The van der Waals surface area contributed by atoms with Gasteiger partial charge in [-0.1, -0.05) is 19.3 Å². The molecule has 3 rings (SSSR count). The predicted molar refractivity (Wildman–Crippen MR) is 105 cm³/mol. The van der Waals surface area contributed by atoms with Gasteiger partial charge in [-0.3, -0.25) is 19.2 Å². The molecule has 4 amide bonds. The number of ether oxygens (including phenoxy) is 1. The first-order valence-electron chi connectivity index (χ1n) is 10.7. The molecule has 162 valence electrons. The summed E-state index contributed by atoms with van der Waals surface area (Å²) in [5, 5.41) is 5.56. The van der Waals surface area contributed by atoms with Crippen molar-refractivity contribution in [2.75, 3.05) is 39.9 Å². The van der Waals surface area contributed by atoms with Crippen molar-refractivity contribution < 1.29 is 23.9 Å². The fourth-order valence-electron chi connectivity index (χ4n) is 4.47. The van der Waals surface area contributed by atoms with E-state index in [0.717, 1.165) is 38.5 Å². The summed E-state index contributed by atoms with van der Waals surface area (Å²) >= 11 is 0. The number of rotatable bonds is 5. The Morgan fingerprint density at radius 1 is 1.10 bits per heavy atom. The predicted octanol–water partition coefficient (Wildman–Crippen LogP) is -0.353. The Balaban J connectivity index is 1.72. The van der Waals surface area contributed by atoms with Gasteiger partial charge in [0.25, 0.3) is 0 Å². The molecule has 2 saturated heterocycles. The van der Waals surface area contributed by atoms with Gasteiger partial charge in [0, 0.05) is 32.7 Å². The average Bonchev–Trinajstić information content (AvgIpc) is 2.75. The molecule has 2 atom stereocenters. The molecule has 2 aliphatic heterocycles. The summed E-state index contributed by atoms with van der Waals surface area (Å²) in [5.74, 6) is -0.829. The van der Waals surface area contributed by atoms with E-state index >= 15 is 0 Å². The summed E-state index contributed by atoms with van der Waals surface area (Å²) in [6.07, 6.45) is 6.27. The van der Waals surface area contributed by atoms with Crippen LogP contribution in [0.25, 0.3) is 0 Å². The lowest BCUT2D eigenvalue weighted by Crippen LogP contribution is -2.64. The van der Waals surface area contributed by atoms with Gasteiger partial charge in [0.1, 0.15) is 18.7 Å². The zero-order valence-electron chi connectivity index (χ0n) is 17.2. The van der Waals surface area contributed by atoms with Crippen LogP contribution in [0.2, 0.25) is 0 Å². The Morgan fingerprint density at radius 2 is 1.86 bits per heavy atom. The van der Waals surface area contributed by atoms with Crippen molar-refractivity contribution in [2.45, 2.75) is 57.0 Å². The highest BCUT2D eigenvalue weighted by Crippen LogP contribution is 2.27. The van der Waals surface area contributed by atoms with Crippen molar-refractivity contribution >= 4 is 23.6 Å². The van der Waals surface area contributed by atoms with E-state index in [1.807, 2.05) is 0 Å². The number of methoxy groups -OCH3 is 1. The van der Waals surface area contributed by atoms with E-state index in [1.54, 1.807) is 9.80 Å². The van der Waals surface area contributed by atoms with Crippen molar-refractivity contribution in [1.82, 2.24) is 20.4 Å². The molecule has 3 fully saturated rings. The van der Waals surface area contributed by atoms with E-state index in [0.29, 0.717) is 26.1 Å². The number of nitrogens with zero attached hydrogens (tertiary/aromatic N) is 2. The van der Waals surface area contributed by atoms with Crippen molar-refractivity contribution in [3.05, 3.63) is 0 Å². The van der Waals surface area contributed by atoms with E-state index in [9.17, 15) is 19.2 Å². The maximum Gasteiger partial charge on any atom is 0.248 e. The van der Waals surface area contributed by atoms with Crippen molar-refractivity contribution in [3.63, 3.8) is 0 Å². The van der Waals surface area contributed by atoms with Crippen LogP contribution in [0.15, 0.2) is 0 Å². The topological polar surface area (TPSA) is 108 Å². The fourth-order valence-corrected chi connectivity index (χ4v) is 4.47. The van der Waals surface area contributed by atoms with Crippen LogP contribution in [0, 0.1) is 5.92 Å². The minimum atomic E-state index is -0.784. The van der Waals surface area contributed by atoms with Crippen LogP contribution in [0.4, 0.5) is 0 Å². The van der Waals surface area contributed by atoms with Gasteiger partial charge in [-0.05, 0) is 25.7 Å². The molecule has 0 bridgehead atoms. The second kappa shape index (κ2) is 10.0. The van der Waals surface area contributed by atoms with Crippen molar-refractivity contribution in [3.8, 4) is 0 Å². The molecule has 3 aliphatic rings. The Kier molecular flexibility index (Phi) is 7.46. The monoisotopic (exact) mass is 408 g/mol. The lowest BCUT2D eigenvalue weighted by atomic mass is 9.87. The highest BCUT2D eigenvalue weighted by Gasteiger charge is 2.40. The van der Waals surface area contributed by atoms with Crippen LogP contribution in [0.5, 0.6) is 0 Å². The molecule has 0 aromatic heterocycles. The maximum atomic E-state index is 13.2. The third-order valence-corrected chi connectivity index (χ3v) is 6.14. The molecule has 9 heteroatoms. The average molecular weight is 408 g/mol. The molecular formula is C20H32N4O5. The zero-order chi connectivity index (χ0) is 20.8. The minimum absolute atomic E-state index is 0.00298. The molecule has 2 N–H and O–H groups in total. The Bertz CT molecular complexity index is 634. The summed E-state index contributed by atoms with van der Waals surface area (Å²) in [6, 6.07) is -1.37. The summed E-state index contributed by atoms with van der Waals surface area (Å²) < 4.78 is 4.93. The second-order valence-electron chi connectivity index (χ2n) is 8.15. The first kappa shape index (κ1) is 21.5. The molecule has 1 aliphatic carbocycles. The first-order valence-corrected chi connectivity index (χ1v) is 10.7. The Labute approximate surface area is 171 Å². The minimum Gasteiger partial charge on any atom is -0.375 e. The lowest BCUT2D eigenvalue weighted by molar-refractivity contribution is -0.153. The third-order valence-electron chi connectivity index (χ3n) is 6.14. The number of carbonyl (C=O) groups excluding carboxylic acids is 4. The SMILES string of the molecule is COCC(=O)N1CCN(C(=O)C2CCCCC2)C(C(=O)NC2CCCNC2=O)C1. The largest absolute Gasteiger partial charge is 0.375 e. The molecule has 1 saturated carbocycles. The van der Waals surface area contributed by atoms with Gasteiger partial charge in [0.15, 0.2) is 0 Å². The number of hydrogen-bond acceptors (Lipinski definition) is 5. The summed E-state index contributed by atoms with van der Waals surface area (Å²) in [4.78, 5) is 53.8. The molecule has 9 nitrogen and oxygen atoms in total. The smallest absolute Gasteiger partial charge is 0.248 e. The van der Waals surface area contributed by atoms with Gasteiger partial charge < -0.3 is 25.2 Å². The van der Waals surface area contributed by atoms with Crippen LogP contribution < -0.4 is 10.6 Å². The number of amides is 4. The van der Waals surface area contributed by atoms with E-state index in [4.69, 9.17) is 4.74 Å². The van der Waals surface area contributed by atoms with Crippen molar-refractivity contribution in [2.24, 2.45) is 5.92 Å². The number of nitrogens with one attached hydrogen (secondary N) is 2. The third kappa shape index (κ3) is 5.26. The molecule has 0 spiro atoms. The molecule has 0 aromatic carbocycles. The van der Waals surface area contributed by atoms with E-state index in [1.165, 1.54) is 7.11 Å². The highest BCUT2D eigenvalue weighted by molar-refractivity contribution is 5.93. The van der Waals surface area contributed by atoms with Gasteiger partial charge in [-0.2, -0.15) is 0 Å². The number of carbonyl (C=O) groups is 4. The Hall–Kier alpha value is -2.16.